The third kappa shape index (κ3) is 3.23. The van der Waals surface area contributed by atoms with Gasteiger partial charge >= 0.3 is 0 Å². The number of rotatable bonds is 3. The minimum Gasteiger partial charge on any atom is -0.342 e. The molecule has 0 radical (unpaired) electrons. The normalized spacial score (nSPS) is 27.3. The van der Waals surface area contributed by atoms with Gasteiger partial charge in [-0.15, -0.1) is 0 Å². The van der Waals surface area contributed by atoms with Crippen LogP contribution in [0, 0.1) is 11.8 Å². The first-order chi connectivity index (χ1) is 7.75. The van der Waals surface area contributed by atoms with Crippen LogP contribution >= 0.6 is 0 Å². The molecular formula is C14H25NO. The molecule has 2 aliphatic rings. The molecular weight excluding hydrogens is 198 g/mol. The highest BCUT2D eigenvalue weighted by atomic mass is 16.2. The van der Waals surface area contributed by atoms with Crippen LogP contribution < -0.4 is 0 Å². The Kier molecular flexibility index (Phi) is 4.25. The van der Waals surface area contributed by atoms with Crippen molar-refractivity contribution in [1.82, 2.24) is 4.90 Å². The number of amides is 1. The number of carbonyl (C=O) groups excluding carboxylic acids is 1. The molecule has 1 aliphatic heterocycles. The zero-order chi connectivity index (χ0) is 11.4. The van der Waals surface area contributed by atoms with Crippen LogP contribution in [0.2, 0.25) is 0 Å². The molecule has 0 aromatic heterocycles. The third-order valence-electron chi connectivity index (χ3n) is 4.25. The van der Waals surface area contributed by atoms with Crippen LogP contribution in [-0.2, 0) is 4.79 Å². The van der Waals surface area contributed by atoms with Gasteiger partial charge < -0.3 is 4.90 Å². The first-order valence-corrected chi connectivity index (χ1v) is 7.03. The predicted molar refractivity (Wildman–Crippen MR) is 66.2 cm³/mol. The number of hydrogen-bond donors (Lipinski definition) is 0. The molecule has 1 saturated heterocycles. The van der Waals surface area contributed by atoms with Crippen molar-refractivity contribution in [2.24, 2.45) is 11.8 Å². The first kappa shape index (κ1) is 11.9. The van der Waals surface area contributed by atoms with Crippen molar-refractivity contribution >= 4 is 5.91 Å². The standard InChI is InChI=1S/C14H25NO/c1-12-5-4-10-15(11-12)14(16)9-8-13-6-2-3-7-13/h12-13H,2-11H2,1H3/t12-/m0/s1. The summed E-state index contributed by atoms with van der Waals surface area (Å²) < 4.78 is 0. The van der Waals surface area contributed by atoms with Crippen molar-refractivity contribution in [3.63, 3.8) is 0 Å². The Labute approximate surface area is 99.4 Å². The van der Waals surface area contributed by atoms with Gasteiger partial charge in [0, 0.05) is 19.5 Å². The van der Waals surface area contributed by atoms with E-state index < -0.39 is 0 Å². The van der Waals surface area contributed by atoms with Crippen molar-refractivity contribution in [2.45, 2.75) is 58.3 Å². The quantitative estimate of drug-likeness (QED) is 0.719. The van der Waals surface area contributed by atoms with Crippen LogP contribution in [0.3, 0.4) is 0 Å². The monoisotopic (exact) mass is 223 g/mol. The second-order valence-electron chi connectivity index (χ2n) is 5.78. The van der Waals surface area contributed by atoms with Crippen LogP contribution in [0.5, 0.6) is 0 Å². The van der Waals surface area contributed by atoms with E-state index in [9.17, 15) is 4.79 Å². The summed E-state index contributed by atoms with van der Waals surface area (Å²) in [5.41, 5.74) is 0. The summed E-state index contributed by atoms with van der Waals surface area (Å²) in [5, 5.41) is 0. The Morgan fingerprint density at radius 3 is 2.62 bits per heavy atom. The van der Waals surface area contributed by atoms with E-state index in [1.54, 1.807) is 0 Å². The fraction of sp³-hybridized carbons (Fsp3) is 0.929. The van der Waals surface area contributed by atoms with Gasteiger partial charge in [0.2, 0.25) is 5.91 Å². The van der Waals surface area contributed by atoms with E-state index in [1.807, 2.05) is 0 Å². The number of hydrogen-bond acceptors (Lipinski definition) is 1. The molecule has 0 bridgehead atoms. The molecule has 1 saturated carbocycles. The summed E-state index contributed by atoms with van der Waals surface area (Å²) in [6.07, 6.45) is 9.95. The zero-order valence-corrected chi connectivity index (χ0v) is 10.6. The molecule has 1 aliphatic carbocycles. The molecule has 0 spiro atoms. The van der Waals surface area contributed by atoms with E-state index >= 15 is 0 Å². The van der Waals surface area contributed by atoms with E-state index in [0.717, 1.165) is 31.8 Å². The Balaban J connectivity index is 1.70. The molecule has 0 aromatic rings. The first-order valence-electron chi connectivity index (χ1n) is 7.03. The van der Waals surface area contributed by atoms with Gasteiger partial charge in [0.25, 0.3) is 0 Å². The highest BCUT2D eigenvalue weighted by Crippen LogP contribution is 2.29. The van der Waals surface area contributed by atoms with E-state index in [0.29, 0.717) is 11.8 Å². The summed E-state index contributed by atoms with van der Waals surface area (Å²) in [7, 11) is 0. The summed E-state index contributed by atoms with van der Waals surface area (Å²) >= 11 is 0. The van der Waals surface area contributed by atoms with E-state index in [2.05, 4.69) is 11.8 Å². The van der Waals surface area contributed by atoms with Crippen LogP contribution in [0.1, 0.15) is 58.3 Å². The van der Waals surface area contributed by atoms with Gasteiger partial charge in [-0.3, -0.25) is 4.79 Å². The lowest BCUT2D eigenvalue weighted by atomic mass is 9.98. The van der Waals surface area contributed by atoms with Crippen molar-refractivity contribution in [3.05, 3.63) is 0 Å². The number of nitrogens with zero attached hydrogens (tertiary/aromatic N) is 1. The van der Waals surface area contributed by atoms with Crippen molar-refractivity contribution in [1.29, 1.82) is 0 Å². The van der Waals surface area contributed by atoms with Crippen molar-refractivity contribution in [3.8, 4) is 0 Å². The molecule has 1 amide bonds. The topological polar surface area (TPSA) is 20.3 Å². The second-order valence-corrected chi connectivity index (χ2v) is 5.78. The molecule has 0 unspecified atom stereocenters. The Bertz CT molecular complexity index is 233. The Hall–Kier alpha value is -0.530. The fourth-order valence-electron chi connectivity index (χ4n) is 3.20. The molecule has 0 aromatic carbocycles. The van der Waals surface area contributed by atoms with Gasteiger partial charge in [-0.2, -0.15) is 0 Å². The van der Waals surface area contributed by atoms with Crippen molar-refractivity contribution in [2.75, 3.05) is 13.1 Å². The second kappa shape index (κ2) is 5.70. The minimum atomic E-state index is 0.415. The average molecular weight is 223 g/mol. The molecule has 2 rings (SSSR count). The minimum absolute atomic E-state index is 0.415. The predicted octanol–water partition coefficient (Wildman–Crippen LogP) is 3.22. The number of piperidine rings is 1. The van der Waals surface area contributed by atoms with Crippen LogP contribution in [-0.4, -0.2) is 23.9 Å². The number of likely N-dealkylation sites (tertiary alicyclic amines) is 1. The average Bonchev–Trinajstić information content (AvgIpc) is 2.78. The molecule has 2 nitrogen and oxygen atoms in total. The zero-order valence-electron chi connectivity index (χ0n) is 10.6. The van der Waals surface area contributed by atoms with Gasteiger partial charge in [-0.1, -0.05) is 32.6 Å². The van der Waals surface area contributed by atoms with E-state index in [-0.39, 0.29) is 0 Å². The van der Waals surface area contributed by atoms with Gasteiger partial charge in [0.05, 0.1) is 0 Å². The smallest absolute Gasteiger partial charge is 0.222 e. The van der Waals surface area contributed by atoms with Gasteiger partial charge in [-0.25, -0.2) is 0 Å². The molecule has 0 N–H and O–H groups in total. The third-order valence-corrected chi connectivity index (χ3v) is 4.25. The summed E-state index contributed by atoms with van der Waals surface area (Å²) in [4.78, 5) is 14.1. The molecule has 1 heterocycles. The lowest BCUT2D eigenvalue weighted by Crippen LogP contribution is -2.39. The van der Waals surface area contributed by atoms with Gasteiger partial charge in [0.15, 0.2) is 0 Å². The van der Waals surface area contributed by atoms with Crippen LogP contribution in [0.4, 0.5) is 0 Å². The summed E-state index contributed by atoms with van der Waals surface area (Å²) in [5.74, 6) is 1.98. The van der Waals surface area contributed by atoms with Gasteiger partial charge in [0.1, 0.15) is 0 Å². The molecule has 16 heavy (non-hydrogen) atoms. The molecule has 92 valence electrons. The maximum Gasteiger partial charge on any atom is 0.222 e. The highest BCUT2D eigenvalue weighted by Gasteiger charge is 2.22. The largest absolute Gasteiger partial charge is 0.342 e. The van der Waals surface area contributed by atoms with E-state index in [1.165, 1.54) is 38.5 Å². The summed E-state index contributed by atoms with van der Waals surface area (Å²) in [6.45, 7) is 4.27. The summed E-state index contributed by atoms with van der Waals surface area (Å²) in [6, 6.07) is 0. The van der Waals surface area contributed by atoms with Gasteiger partial charge in [-0.05, 0) is 31.1 Å². The number of carbonyl (C=O) groups is 1. The lowest BCUT2D eigenvalue weighted by molar-refractivity contribution is -0.133. The molecule has 2 fully saturated rings. The highest BCUT2D eigenvalue weighted by molar-refractivity contribution is 5.76. The van der Waals surface area contributed by atoms with Crippen LogP contribution in [0.15, 0.2) is 0 Å². The maximum atomic E-state index is 12.0. The molecule has 1 atom stereocenters. The lowest BCUT2D eigenvalue weighted by Gasteiger charge is -2.31. The Morgan fingerprint density at radius 1 is 1.19 bits per heavy atom. The SMILES string of the molecule is C[C@H]1CCCN(C(=O)CCC2CCCC2)C1. The maximum absolute atomic E-state index is 12.0. The van der Waals surface area contributed by atoms with Crippen molar-refractivity contribution < 1.29 is 4.79 Å². The van der Waals surface area contributed by atoms with E-state index in [4.69, 9.17) is 0 Å². The molecule has 2 heteroatoms. The fourth-order valence-corrected chi connectivity index (χ4v) is 3.20. The van der Waals surface area contributed by atoms with Crippen LogP contribution in [0.25, 0.3) is 0 Å². The Morgan fingerprint density at radius 2 is 1.94 bits per heavy atom.